The number of methoxy groups -OCH3 is 1. The van der Waals surface area contributed by atoms with Gasteiger partial charge in [-0.1, -0.05) is 0 Å². The lowest BCUT2D eigenvalue weighted by Crippen LogP contribution is -2.42. The van der Waals surface area contributed by atoms with Gasteiger partial charge < -0.3 is 9.64 Å². The van der Waals surface area contributed by atoms with Gasteiger partial charge in [0.2, 0.25) is 10.0 Å². The summed E-state index contributed by atoms with van der Waals surface area (Å²) in [4.78, 5) is 14.9. The first-order valence-corrected chi connectivity index (χ1v) is 12.1. The highest BCUT2D eigenvalue weighted by atomic mass is 32.2. The molecule has 0 radical (unpaired) electrons. The van der Waals surface area contributed by atoms with Crippen molar-refractivity contribution in [1.29, 1.82) is 0 Å². The van der Waals surface area contributed by atoms with Crippen molar-refractivity contribution in [3.05, 3.63) is 59.7 Å². The molecular formula is C23H27FN4O4S. The van der Waals surface area contributed by atoms with E-state index >= 15 is 0 Å². The lowest BCUT2D eigenvalue weighted by molar-refractivity contribution is 0.0982. The number of carbonyl (C=O) groups excluding carboxylic acids is 1. The first kappa shape index (κ1) is 23.0. The molecule has 1 amide bonds. The van der Waals surface area contributed by atoms with Gasteiger partial charge in [-0.25, -0.2) is 22.0 Å². The van der Waals surface area contributed by atoms with Gasteiger partial charge in [0.15, 0.2) is 0 Å². The molecule has 176 valence electrons. The number of anilines is 1. The van der Waals surface area contributed by atoms with Crippen LogP contribution in [0.1, 0.15) is 55.6 Å². The molecular weight excluding hydrogens is 447 g/mol. The number of hydrogen-bond acceptors (Lipinski definition) is 6. The molecule has 1 saturated heterocycles. The molecule has 0 saturated carbocycles. The van der Waals surface area contributed by atoms with Crippen LogP contribution in [0.4, 0.5) is 10.1 Å². The second kappa shape index (κ2) is 8.33. The summed E-state index contributed by atoms with van der Waals surface area (Å²) in [5.74, 6) is -0.448. The number of aromatic nitrogens is 2. The highest BCUT2D eigenvalue weighted by Gasteiger charge is 2.32. The molecule has 0 bridgehead atoms. The van der Waals surface area contributed by atoms with Crippen LogP contribution in [0.3, 0.4) is 0 Å². The van der Waals surface area contributed by atoms with Gasteiger partial charge in [-0.05, 0) is 63.9 Å². The summed E-state index contributed by atoms with van der Waals surface area (Å²) >= 11 is 0. The molecule has 0 aliphatic carbocycles. The van der Waals surface area contributed by atoms with Crippen molar-refractivity contribution in [2.45, 2.75) is 44.4 Å². The Labute approximate surface area is 192 Å². The first-order chi connectivity index (χ1) is 15.5. The fraction of sp³-hybridized carbons (Fsp3) is 0.391. The van der Waals surface area contributed by atoms with Crippen LogP contribution in [0.2, 0.25) is 0 Å². The van der Waals surface area contributed by atoms with Crippen LogP contribution in [0.5, 0.6) is 5.75 Å². The summed E-state index contributed by atoms with van der Waals surface area (Å²) in [7, 11) is -2.31. The topological polar surface area (TPSA) is 93.0 Å². The molecule has 4 rings (SSSR count). The number of pyridine rings is 1. The zero-order valence-corrected chi connectivity index (χ0v) is 19.8. The Balaban J connectivity index is 1.70. The third-order valence-electron chi connectivity index (χ3n) is 5.92. The summed E-state index contributed by atoms with van der Waals surface area (Å²) in [6.07, 6.45) is 4.80. The molecule has 0 unspecified atom stereocenters. The number of fused-ring (bicyclic) bond motifs is 1. The van der Waals surface area contributed by atoms with Crippen LogP contribution in [0.15, 0.2) is 42.7 Å². The molecule has 1 fully saturated rings. The molecule has 33 heavy (non-hydrogen) atoms. The van der Waals surface area contributed by atoms with E-state index in [1.807, 2.05) is 6.07 Å². The second-order valence-corrected chi connectivity index (χ2v) is 11.5. The average Bonchev–Trinajstić information content (AvgIpc) is 3.39. The molecule has 1 aliphatic heterocycles. The minimum Gasteiger partial charge on any atom is -0.496 e. The molecule has 0 spiro atoms. The lowest BCUT2D eigenvalue weighted by Gasteiger charge is -2.28. The van der Waals surface area contributed by atoms with Crippen LogP contribution >= 0.6 is 0 Å². The predicted molar refractivity (Wildman–Crippen MR) is 124 cm³/mol. The van der Waals surface area contributed by atoms with Gasteiger partial charge in [-0.2, -0.15) is 5.10 Å². The predicted octanol–water partition coefficient (Wildman–Crippen LogP) is 3.68. The van der Waals surface area contributed by atoms with E-state index in [9.17, 15) is 17.6 Å². The maximum absolute atomic E-state index is 14.0. The van der Waals surface area contributed by atoms with E-state index in [-0.39, 0.29) is 17.4 Å². The molecule has 1 aromatic carbocycles. The zero-order valence-electron chi connectivity index (χ0n) is 19.0. The summed E-state index contributed by atoms with van der Waals surface area (Å²) in [6.45, 7) is 5.30. The van der Waals surface area contributed by atoms with Gasteiger partial charge >= 0.3 is 0 Å². The van der Waals surface area contributed by atoms with Crippen molar-refractivity contribution in [3.63, 3.8) is 0 Å². The van der Waals surface area contributed by atoms with Gasteiger partial charge in [0.25, 0.3) is 5.91 Å². The monoisotopic (exact) mass is 474 g/mol. The van der Waals surface area contributed by atoms with Crippen molar-refractivity contribution in [2.24, 2.45) is 0 Å². The van der Waals surface area contributed by atoms with E-state index in [0.29, 0.717) is 11.3 Å². The van der Waals surface area contributed by atoms with Crippen LogP contribution in [0.25, 0.3) is 5.52 Å². The van der Waals surface area contributed by atoms with E-state index < -0.39 is 20.7 Å². The third-order valence-corrected chi connectivity index (χ3v) is 7.98. The van der Waals surface area contributed by atoms with Crippen LogP contribution < -0.4 is 14.4 Å². The smallest absolute Gasteiger partial charge is 0.268 e. The van der Waals surface area contributed by atoms with Gasteiger partial charge in [0.05, 0.1) is 35.2 Å². The summed E-state index contributed by atoms with van der Waals surface area (Å²) < 4.78 is 46.9. The van der Waals surface area contributed by atoms with E-state index in [0.717, 1.165) is 30.6 Å². The number of nitrogens with zero attached hydrogens (tertiary/aromatic N) is 3. The highest BCUT2D eigenvalue weighted by molar-refractivity contribution is 7.91. The normalized spacial score (nSPS) is 16.9. The molecule has 1 aliphatic rings. The number of carbonyl (C=O) groups is 1. The minimum absolute atomic E-state index is 0.0976. The van der Waals surface area contributed by atoms with E-state index in [2.05, 4.69) is 14.7 Å². The number of benzene rings is 1. The summed E-state index contributed by atoms with van der Waals surface area (Å²) in [6, 6.07) is 8.07. The van der Waals surface area contributed by atoms with Crippen LogP contribution in [-0.2, 0) is 10.0 Å². The van der Waals surface area contributed by atoms with Crippen molar-refractivity contribution >= 4 is 27.1 Å². The SMILES string of the molecule is COc1ccc(F)cc1[C@H]1CCCN1c1ccn2ncc(C(=O)NS(=O)(=O)C(C)(C)C)c2c1. The Morgan fingerprint density at radius 3 is 2.70 bits per heavy atom. The molecule has 2 aromatic heterocycles. The van der Waals surface area contributed by atoms with Crippen molar-refractivity contribution in [2.75, 3.05) is 18.6 Å². The number of sulfonamides is 1. The number of rotatable bonds is 5. The van der Waals surface area contributed by atoms with Gasteiger partial charge in [0.1, 0.15) is 11.6 Å². The zero-order chi connectivity index (χ0) is 24.0. The first-order valence-electron chi connectivity index (χ1n) is 10.7. The van der Waals surface area contributed by atoms with Gasteiger partial charge in [0, 0.05) is 24.0 Å². The highest BCUT2D eigenvalue weighted by Crippen LogP contribution is 2.40. The molecule has 8 nitrogen and oxygen atoms in total. The summed E-state index contributed by atoms with van der Waals surface area (Å²) in [5.41, 5.74) is 2.22. The summed E-state index contributed by atoms with van der Waals surface area (Å²) in [5, 5.41) is 4.19. The molecule has 1 atom stereocenters. The fourth-order valence-electron chi connectivity index (χ4n) is 4.02. The Bertz CT molecular complexity index is 1310. The van der Waals surface area contributed by atoms with E-state index in [1.54, 1.807) is 25.4 Å². The Morgan fingerprint density at radius 2 is 2.00 bits per heavy atom. The van der Waals surface area contributed by atoms with E-state index in [1.165, 1.54) is 43.6 Å². The van der Waals surface area contributed by atoms with Crippen LogP contribution in [-0.4, -0.2) is 42.3 Å². The van der Waals surface area contributed by atoms with Gasteiger partial charge in [-0.15, -0.1) is 0 Å². The van der Waals surface area contributed by atoms with Crippen molar-refractivity contribution < 1.29 is 22.3 Å². The molecule has 1 N–H and O–H groups in total. The molecule has 3 heterocycles. The number of nitrogens with one attached hydrogen (secondary N) is 1. The standard InChI is InChI=1S/C23H27FN4O4S/c1-23(2,3)33(30,31)26-22(29)18-14-25-28-11-9-16(13-20(18)28)27-10-5-6-19(27)17-12-15(24)7-8-21(17)32-4/h7-9,11-14,19H,5-6,10H2,1-4H3,(H,26,29)/t19-/m1/s1. The number of hydrogen-bond donors (Lipinski definition) is 1. The quantitative estimate of drug-likeness (QED) is 0.606. The maximum Gasteiger partial charge on any atom is 0.268 e. The largest absolute Gasteiger partial charge is 0.496 e. The fourth-order valence-corrected chi connectivity index (χ4v) is 4.68. The van der Waals surface area contributed by atoms with Crippen molar-refractivity contribution in [1.82, 2.24) is 14.3 Å². The van der Waals surface area contributed by atoms with Crippen molar-refractivity contribution in [3.8, 4) is 5.75 Å². The molecule has 3 aromatic rings. The number of halogens is 1. The number of amides is 1. The average molecular weight is 475 g/mol. The Hall–Kier alpha value is -3.14. The lowest BCUT2D eigenvalue weighted by atomic mass is 10.0. The minimum atomic E-state index is -3.87. The maximum atomic E-state index is 14.0. The van der Waals surface area contributed by atoms with Gasteiger partial charge in [-0.3, -0.25) is 4.79 Å². The second-order valence-electron chi connectivity index (χ2n) is 9.06. The van der Waals surface area contributed by atoms with Crippen LogP contribution in [0, 0.1) is 5.82 Å². The number of ether oxygens (including phenoxy) is 1. The molecule has 10 heteroatoms. The third kappa shape index (κ3) is 4.27. The van der Waals surface area contributed by atoms with E-state index in [4.69, 9.17) is 4.74 Å². The Morgan fingerprint density at radius 1 is 1.24 bits per heavy atom. The Kier molecular flexibility index (Phi) is 5.81.